The van der Waals surface area contributed by atoms with Gasteiger partial charge in [-0.25, -0.2) is 4.79 Å². The minimum atomic E-state index is -1.10. The molecule has 0 saturated heterocycles. The number of allylic oxidation sites excluding steroid dienone is 1. The lowest BCUT2D eigenvalue weighted by Gasteiger charge is -2.10. The van der Waals surface area contributed by atoms with Crippen LogP contribution in [0.15, 0.2) is 46.6 Å². The molecule has 0 spiro atoms. The molecule has 1 heterocycles. The zero-order valence-electron chi connectivity index (χ0n) is 12.8. The Labute approximate surface area is 135 Å². The van der Waals surface area contributed by atoms with Crippen LogP contribution in [-0.2, 0) is 13.1 Å². The fraction of sp³-hybridized carbons (Fsp3) is 0.200. The summed E-state index contributed by atoms with van der Waals surface area (Å²) in [5.41, 5.74) is -1.67. The first-order chi connectivity index (χ1) is 11.4. The van der Waals surface area contributed by atoms with Crippen molar-refractivity contribution < 1.29 is 14.1 Å². The molecule has 0 bridgehead atoms. The first kappa shape index (κ1) is 17.1. The van der Waals surface area contributed by atoms with Crippen LogP contribution in [0, 0.1) is 15.9 Å². The molecule has 0 amide bonds. The van der Waals surface area contributed by atoms with Crippen molar-refractivity contribution in [3.8, 4) is 5.75 Å². The molecule has 2 aromatic rings. The Hall–Kier alpha value is -3.23. The van der Waals surface area contributed by atoms with Crippen molar-refractivity contribution in [3.05, 3.63) is 79.4 Å². The molecule has 1 aromatic heterocycles. The summed E-state index contributed by atoms with van der Waals surface area (Å²) in [5.74, 6) is -1.03. The Kier molecular flexibility index (Phi) is 4.93. The van der Waals surface area contributed by atoms with Gasteiger partial charge in [0.1, 0.15) is 0 Å². The number of aromatic nitrogens is 2. The largest absolute Gasteiger partial charge is 0.490 e. The highest BCUT2D eigenvalue weighted by atomic mass is 19.1. The number of nitro groups is 1. The quantitative estimate of drug-likeness (QED) is 0.450. The van der Waals surface area contributed by atoms with Gasteiger partial charge in [-0.15, -0.1) is 6.58 Å². The average Bonchev–Trinajstić information content (AvgIpc) is 2.56. The van der Waals surface area contributed by atoms with Crippen LogP contribution in [0.5, 0.6) is 5.75 Å². The molecular weight excluding hydrogens is 321 g/mol. The third-order valence-corrected chi connectivity index (χ3v) is 3.30. The normalized spacial score (nSPS) is 10.4. The van der Waals surface area contributed by atoms with E-state index < -0.39 is 22.0 Å². The number of hydrogen-bond donors (Lipinski definition) is 0. The molecule has 1 aromatic carbocycles. The maximum atomic E-state index is 13.7. The Morgan fingerprint density at radius 1 is 1.42 bits per heavy atom. The number of nitrogens with zero attached hydrogens (tertiary/aromatic N) is 3. The van der Waals surface area contributed by atoms with E-state index in [1.54, 1.807) is 0 Å². The predicted molar refractivity (Wildman–Crippen MR) is 83.9 cm³/mol. The van der Waals surface area contributed by atoms with E-state index >= 15 is 0 Å². The molecule has 8 nitrogen and oxygen atoms in total. The summed E-state index contributed by atoms with van der Waals surface area (Å²) in [5, 5.41) is 11.0. The summed E-state index contributed by atoms with van der Waals surface area (Å²) in [6, 6.07) is 4.12. The van der Waals surface area contributed by atoms with Crippen LogP contribution >= 0.6 is 0 Å². The fourth-order valence-corrected chi connectivity index (χ4v) is 2.19. The van der Waals surface area contributed by atoms with Crippen LogP contribution in [-0.4, -0.2) is 21.2 Å². The molecule has 0 aliphatic carbocycles. The van der Waals surface area contributed by atoms with Crippen molar-refractivity contribution >= 4 is 5.69 Å². The third-order valence-electron chi connectivity index (χ3n) is 3.30. The van der Waals surface area contributed by atoms with E-state index in [4.69, 9.17) is 4.74 Å². The van der Waals surface area contributed by atoms with Gasteiger partial charge in [-0.1, -0.05) is 12.1 Å². The van der Waals surface area contributed by atoms with Crippen LogP contribution in [0.25, 0.3) is 0 Å². The highest BCUT2D eigenvalue weighted by molar-refractivity contribution is 5.48. The average molecular weight is 335 g/mol. The van der Waals surface area contributed by atoms with Gasteiger partial charge in [0.05, 0.1) is 24.8 Å². The Morgan fingerprint density at radius 3 is 2.71 bits per heavy atom. The van der Waals surface area contributed by atoms with Crippen molar-refractivity contribution in [1.82, 2.24) is 9.13 Å². The highest BCUT2D eigenvalue weighted by Crippen LogP contribution is 2.27. The molecule has 0 aliphatic heterocycles. The van der Waals surface area contributed by atoms with Gasteiger partial charge >= 0.3 is 11.4 Å². The highest BCUT2D eigenvalue weighted by Gasteiger charge is 2.16. The standard InChI is InChI=1S/C15H14FN3O5/c1-3-6-18-14(20)11(16)9-17(15(18)21)8-10-4-5-13(24-2)12(7-10)19(22)23/h3-5,7,9H,1,6,8H2,2H3. The number of ether oxygens (including phenoxy) is 1. The molecule has 9 heteroatoms. The van der Waals surface area contributed by atoms with E-state index in [9.17, 15) is 24.1 Å². The van der Waals surface area contributed by atoms with E-state index in [1.165, 1.54) is 31.4 Å². The third kappa shape index (κ3) is 3.24. The fourth-order valence-electron chi connectivity index (χ4n) is 2.19. The summed E-state index contributed by atoms with van der Waals surface area (Å²) < 4.78 is 20.3. The minimum absolute atomic E-state index is 0.0684. The topological polar surface area (TPSA) is 96.4 Å². The Balaban J connectivity index is 2.51. The Morgan fingerprint density at radius 2 is 2.12 bits per heavy atom. The van der Waals surface area contributed by atoms with E-state index in [1.807, 2.05) is 0 Å². The number of halogens is 1. The van der Waals surface area contributed by atoms with Crippen LogP contribution < -0.4 is 16.0 Å². The second-order valence-corrected chi connectivity index (χ2v) is 4.86. The van der Waals surface area contributed by atoms with E-state index in [2.05, 4.69) is 6.58 Å². The Bertz CT molecular complexity index is 916. The van der Waals surface area contributed by atoms with Crippen molar-refractivity contribution in [2.75, 3.05) is 7.11 Å². The van der Waals surface area contributed by atoms with Crippen LogP contribution in [0.2, 0.25) is 0 Å². The SMILES string of the molecule is C=CCn1c(=O)c(F)cn(Cc2ccc(OC)c([N+](=O)[O-])c2)c1=O. The van der Waals surface area contributed by atoms with Crippen molar-refractivity contribution in [1.29, 1.82) is 0 Å². The van der Waals surface area contributed by atoms with Gasteiger partial charge < -0.3 is 4.74 Å². The van der Waals surface area contributed by atoms with Crippen LogP contribution in [0.3, 0.4) is 0 Å². The van der Waals surface area contributed by atoms with Crippen molar-refractivity contribution in [2.24, 2.45) is 0 Å². The van der Waals surface area contributed by atoms with Gasteiger partial charge in [0.2, 0.25) is 5.82 Å². The second-order valence-electron chi connectivity index (χ2n) is 4.86. The van der Waals surface area contributed by atoms with E-state index in [-0.39, 0.29) is 24.5 Å². The maximum Gasteiger partial charge on any atom is 0.331 e. The van der Waals surface area contributed by atoms with E-state index in [0.717, 1.165) is 10.8 Å². The number of nitro benzene ring substituents is 1. The minimum Gasteiger partial charge on any atom is -0.490 e. The first-order valence-electron chi connectivity index (χ1n) is 6.81. The predicted octanol–water partition coefficient (Wildman–Crippen LogP) is 1.30. The summed E-state index contributed by atoms with van der Waals surface area (Å²) in [4.78, 5) is 34.3. The van der Waals surface area contributed by atoms with Crippen molar-refractivity contribution in [3.63, 3.8) is 0 Å². The second kappa shape index (κ2) is 6.90. The summed E-state index contributed by atoms with van der Waals surface area (Å²) in [6.45, 7) is 3.13. The van der Waals surface area contributed by atoms with Crippen molar-refractivity contribution in [2.45, 2.75) is 13.1 Å². The van der Waals surface area contributed by atoms with Crippen LogP contribution in [0.4, 0.5) is 10.1 Å². The van der Waals surface area contributed by atoms with Gasteiger partial charge in [0.25, 0.3) is 5.56 Å². The number of benzene rings is 1. The lowest BCUT2D eigenvalue weighted by Crippen LogP contribution is -2.41. The molecule has 2 rings (SSSR count). The summed E-state index contributed by atoms with van der Waals surface area (Å²) in [7, 11) is 1.30. The molecule has 24 heavy (non-hydrogen) atoms. The molecule has 0 N–H and O–H groups in total. The van der Waals surface area contributed by atoms with Gasteiger partial charge in [-0.2, -0.15) is 4.39 Å². The van der Waals surface area contributed by atoms with Gasteiger partial charge in [-0.3, -0.25) is 24.0 Å². The smallest absolute Gasteiger partial charge is 0.331 e. The first-order valence-corrected chi connectivity index (χ1v) is 6.81. The molecule has 0 fully saturated rings. The lowest BCUT2D eigenvalue weighted by atomic mass is 10.2. The van der Waals surface area contributed by atoms with Gasteiger partial charge in [0.15, 0.2) is 5.75 Å². The number of methoxy groups -OCH3 is 1. The molecular formula is C15H14FN3O5. The molecule has 0 saturated carbocycles. The molecule has 0 aliphatic rings. The molecule has 0 unspecified atom stereocenters. The molecule has 0 atom stereocenters. The number of rotatable bonds is 6. The maximum absolute atomic E-state index is 13.7. The zero-order chi connectivity index (χ0) is 17.9. The van der Waals surface area contributed by atoms with E-state index in [0.29, 0.717) is 10.1 Å². The van der Waals surface area contributed by atoms with Gasteiger partial charge in [-0.05, 0) is 11.6 Å². The summed E-state index contributed by atoms with van der Waals surface area (Å²) in [6.07, 6.45) is 2.07. The number of hydrogen-bond acceptors (Lipinski definition) is 5. The monoisotopic (exact) mass is 335 g/mol. The zero-order valence-corrected chi connectivity index (χ0v) is 12.8. The molecule has 126 valence electrons. The molecule has 0 radical (unpaired) electrons. The lowest BCUT2D eigenvalue weighted by molar-refractivity contribution is -0.385. The van der Waals surface area contributed by atoms with Gasteiger partial charge in [0, 0.05) is 12.6 Å². The van der Waals surface area contributed by atoms with Crippen LogP contribution in [0.1, 0.15) is 5.56 Å². The summed E-state index contributed by atoms with van der Waals surface area (Å²) >= 11 is 0.